The first-order valence-electron chi connectivity index (χ1n) is 8.56. The average molecular weight is 416 g/mol. The molecule has 7 nitrogen and oxygen atoms in total. The van der Waals surface area contributed by atoms with Gasteiger partial charge >= 0.3 is 6.18 Å². The van der Waals surface area contributed by atoms with Gasteiger partial charge in [-0.1, -0.05) is 18.5 Å². The van der Waals surface area contributed by atoms with E-state index in [4.69, 9.17) is 11.6 Å². The summed E-state index contributed by atoms with van der Waals surface area (Å²) in [5, 5.41) is 6.89. The number of hydrogen-bond donors (Lipinski definition) is 1. The minimum Gasteiger partial charge on any atom is -0.378 e. The number of aromatic nitrogens is 3. The van der Waals surface area contributed by atoms with Gasteiger partial charge in [0.25, 0.3) is 5.56 Å². The second-order valence-electron chi connectivity index (χ2n) is 6.32. The molecule has 1 N–H and O–H groups in total. The molecule has 0 spiro atoms. The Labute approximate surface area is 163 Å². The van der Waals surface area contributed by atoms with Gasteiger partial charge in [0.2, 0.25) is 5.91 Å². The second kappa shape index (κ2) is 7.78. The average Bonchev–Trinajstić information content (AvgIpc) is 3.13. The fourth-order valence-electron chi connectivity index (χ4n) is 2.92. The van der Waals surface area contributed by atoms with Crippen molar-refractivity contribution in [2.45, 2.75) is 32.0 Å². The highest BCUT2D eigenvalue weighted by molar-refractivity contribution is 6.33. The van der Waals surface area contributed by atoms with Gasteiger partial charge in [-0.2, -0.15) is 23.0 Å². The number of hydrogen-bond acceptors (Lipinski definition) is 5. The van der Waals surface area contributed by atoms with Gasteiger partial charge in [-0.3, -0.25) is 9.59 Å². The van der Waals surface area contributed by atoms with E-state index in [0.29, 0.717) is 37.8 Å². The van der Waals surface area contributed by atoms with Crippen molar-refractivity contribution in [3.05, 3.63) is 45.5 Å². The van der Waals surface area contributed by atoms with Crippen LogP contribution in [0.1, 0.15) is 25.3 Å². The Morgan fingerprint density at radius 3 is 2.71 bits per heavy atom. The van der Waals surface area contributed by atoms with Crippen LogP contribution in [0.2, 0.25) is 5.02 Å². The monoisotopic (exact) mass is 415 g/mol. The molecule has 1 amide bonds. The van der Waals surface area contributed by atoms with Gasteiger partial charge in [0.15, 0.2) is 5.82 Å². The molecule has 1 saturated heterocycles. The zero-order valence-corrected chi connectivity index (χ0v) is 15.6. The van der Waals surface area contributed by atoms with Crippen molar-refractivity contribution in [1.29, 1.82) is 0 Å². The Hall–Kier alpha value is -2.62. The Balaban J connectivity index is 1.78. The van der Waals surface area contributed by atoms with E-state index in [1.165, 1.54) is 6.20 Å². The van der Waals surface area contributed by atoms with Crippen LogP contribution in [0.4, 0.5) is 18.9 Å². The number of halogens is 4. The molecule has 1 aliphatic heterocycles. The molecule has 2 aromatic rings. The Kier molecular flexibility index (Phi) is 5.59. The number of anilines is 1. The van der Waals surface area contributed by atoms with E-state index in [2.05, 4.69) is 15.4 Å². The van der Waals surface area contributed by atoms with Crippen LogP contribution in [0.5, 0.6) is 0 Å². The minimum atomic E-state index is -4.52. The maximum absolute atomic E-state index is 12.6. The van der Waals surface area contributed by atoms with Crippen molar-refractivity contribution in [1.82, 2.24) is 19.7 Å². The van der Waals surface area contributed by atoms with Crippen molar-refractivity contribution in [3.63, 3.8) is 0 Å². The lowest BCUT2D eigenvalue weighted by molar-refractivity contribution is -0.137. The normalized spacial score (nSPS) is 17.0. The van der Waals surface area contributed by atoms with Crippen molar-refractivity contribution in [2.24, 2.45) is 0 Å². The summed E-state index contributed by atoms with van der Waals surface area (Å²) in [4.78, 5) is 29.6. The molecule has 0 aliphatic carbocycles. The van der Waals surface area contributed by atoms with Crippen LogP contribution in [0.3, 0.4) is 0 Å². The van der Waals surface area contributed by atoms with Crippen molar-refractivity contribution in [2.75, 3.05) is 18.4 Å². The van der Waals surface area contributed by atoms with Gasteiger partial charge in [-0.15, -0.1) is 0 Å². The van der Waals surface area contributed by atoms with Crippen molar-refractivity contribution in [3.8, 4) is 5.82 Å². The molecule has 3 rings (SSSR count). The summed E-state index contributed by atoms with van der Waals surface area (Å²) in [6.45, 7) is 2.90. The number of amides is 1. The summed E-state index contributed by atoms with van der Waals surface area (Å²) in [6, 6.07) is 1.79. The summed E-state index contributed by atoms with van der Waals surface area (Å²) in [5.74, 6) is -0.0237. The molecule has 1 fully saturated rings. The first-order valence-corrected chi connectivity index (χ1v) is 8.94. The number of likely N-dealkylation sites (tertiary alicyclic amines) is 1. The van der Waals surface area contributed by atoms with E-state index in [9.17, 15) is 22.8 Å². The summed E-state index contributed by atoms with van der Waals surface area (Å²) < 4.78 is 38.7. The molecule has 0 bridgehead atoms. The van der Waals surface area contributed by atoms with Crippen LogP contribution < -0.4 is 10.9 Å². The number of carbonyl (C=O) groups excluding carboxylic acids is 1. The number of carbonyl (C=O) groups is 1. The third kappa shape index (κ3) is 4.11. The number of alkyl halides is 3. The van der Waals surface area contributed by atoms with E-state index >= 15 is 0 Å². The molecule has 1 atom stereocenters. The van der Waals surface area contributed by atoms with Crippen molar-refractivity contribution >= 4 is 23.2 Å². The zero-order valence-electron chi connectivity index (χ0n) is 14.8. The molecular formula is C17H17ClF3N5O2. The number of pyridine rings is 1. The van der Waals surface area contributed by atoms with E-state index in [0.717, 1.165) is 16.8 Å². The lowest BCUT2D eigenvalue weighted by Crippen LogP contribution is -2.31. The summed E-state index contributed by atoms with van der Waals surface area (Å²) in [6.07, 6.45) is -1.46. The smallest absolute Gasteiger partial charge is 0.378 e. The maximum Gasteiger partial charge on any atom is 0.417 e. The molecule has 0 aromatic carbocycles. The number of nitrogens with zero attached hydrogens (tertiary/aromatic N) is 4. The molecule has 1 aliphatic rings. The third-order valence-electron chi connectivity index (χ3n) is 4.41. The molecule has 11 heteroatoms. The Bertz CT molecular complexity index is 930. The van der Waals surface area contributed by atoms with E-state index in [1.54, 1.807) is 11.8 Å². The molecule has 28 heavy (non-hydrogen) atoms. The predicted molar refractivity (Wildman–Crippen MR) is 96.5 cm³/mol. The van der Waals surface area contributed by atoms with Crippen LogP contribution >= 0.6 is 11.6 Å². The largest absolute Gasteiger partial charge is 0.417 e. The van der Waals surface area contributed by atoms with Crippen LogP contribution in [0.25, 0.3) is 5.82 Å². The molecule has 0 saturated carbocycles. The molecule has 2 aromatic heterocycles. The Morgan fingerprint density at radius 2 is 2.11 bits per heavy atom. The molecule has 3 heterocycles. The Morgan fingerprint density at radius 1 is 1.36 bits per heavy atom. The van der Waals surface area contributed by atoms with Gasteiger partial charge < -0.3 is 10.2 Å². The predicted octanol–water partition coefficient (Wildman–Crippen LogP) is 2.72. The SMILES string of the molecule is CCC(=O)N1CCC(Nc2cnn(-c3ccc(C(F)(F)F)cn3)c(=O)c2Cl)C1. The van der Waals surface area contributed by atoms with E-state index in [1.807, 2.05) is 0 Å². The van der Waals surface area contributed by atoms with Gasteiger partial charge in [-0.05, 0) is 18.6 Å². The standard InChI is InChI=1S/C17H17ClF3N5O2/c1-2-14(27)25-6-5-11(9-25)24-12-8-23-26(16(28)15(12)18)13-4-3-10(7-22-13)17(19,20)21/h3-4,7-8,11,24H,2,5-6,9H2,1H3. The summed E-state index contributed by atoms with van der Waals surface area (Å²) in [7, 11) is 0. The summed E-state index contributed by atoms with van der Waals surface area (Å²) >= 11 is 6.13. The van der Waals surface area contributed by atoms with Crippen LogP contribution in [0.15, 0.2) is 29.3 Å². The lowest BCUT2D eigenvalue weighted by atomic mass is 10.2. The van der Waals surface area contributed by atoms with E-state index in [-0.39, 0.29) is 22.8 Å². The topological polar surface area (TPSA) is 80.1 Å². The number of rotatable bonds is 4. The highest BCUT2D eigenvalue weighted by atomic mass is 35.5. The van der Waals surface area contributed by atoms with Gasteiger partial charge in [0.1, 0.15) is 5.02 Å². The summed E-state index contributed by atoms with van der Waals surface area (Å²) in [5.41, 5.74) is -1.34. The number of nitrogens with one attached hydrogen (secondary N) is 1. The van der Waals surface area contributed by atoms with Crippen LogP contribution in [0, 0.1) is 0 Å². The first-order chi connectivity index (χ1) is 13.2. The second-order valence-corrected chi connectivity index (χ2v) is 6.69. The lowest BCUT2D eigenvalue weighted by Gasteiger charge is -2.17. The molecule has 0 radical (unpaired) electrons. The van der Waals surface area contributed by atoms with E-state index < -0.39 is 17.3 Å². The quantitative estimate of drug-likeness (QED) is 0.830. The first kappa shape index (κ1) is 20.1. The maximum atomic E-state index is 12.6. The van der Waals surface area contributed by atoms with Crippen molar-refractivity contribution < 1.29 is 18.0 Å². The molecule has 150 valence electrons. The highest BCUT2D eigenvalue weighted by Gasteiger charge is 2.31. The van der Waals surface area contributed by atoms with Gasteiger partial charge in [-0.25, -0.2) is 4.98 Å². The highest BCUT2D eigenvalue weighted by Crippen LogP contribution is 2.28. The van der Waals surface area contributed by atoms with Crippen LogP contribution in [-0.4, -0.2) is 44.7 Å². The third-order valence-corrected chi connectivity index (χ3v) is 4.78. The zero-order chi connectivity index (χ0) is 20.5. The van der Waals surface area contributed by atoms with Gasteiger partial charge in [0, 0.05) is 31.7 Å². The fraction of sp³-hybridized carbons (Fsp3) is 0.412. The van der Waals surface area contributed by atoms with Crippen LogP contribution in [-0.2, 0) is 11.0 Å². The molecular weight excluding hydrogens is 399 g/mol. The molecule has 1 unspecified atom stereocenters. The fourth-order valence-corrected chi connectivity index (χ4v) is 3.11. The van der Waals surface area contributed by atoms with Gasteiger partial charge in [0.05, 0.1) is 17.4 Å². The minimum absolute atomic E-state index is 0.0531.